The third kappa shape index (κ3) is 3.23. The van der Waals surface area contributed by atoms with Crippen LogP contribution in [0.5, 0.6) is 0 Å². The molecule has 25 heavy (non-hydrogen) atoms. The fourth-order valence-electron chi connectivity index (χ4n) is 3.81. The highest BCUT2D eigenvalue weighted by molar-refractivity contribution is 5.66. The fourth-order valence-corrected chi connectivity index (χ4v) is 3.81. The number of rotatable bonds is 3. The molecule has 0 aliphatic carbocycles. The fraction of sp³-hybridized carbons (Fsp3) is 0.450. The van der Waals surface area contributed by atoms with E-state index in [2.05, 4.69) is 54.0 Å². The lowest BCUT2D eigenvalue weighted by atomic mass is 9.87. The number of aromatic nitrogens is 4. The smallest absolute Gasteiger partial charge is 0.254 e. The lowest BCUT2D eigenvalue weighted by Crippen LogP contribution is -2.34. The summed E-state index contributed by atoms with van der Waals surface area (Å²) in [5.41, 5.74) is 2.38. The molecule has 2 aromatic heterocycles. The van der Waals surface area contributed by atoms with Gasteiger partial charge in [0, 0.05) is 24.2 Å². The van der Waals surface area contributed by atoms with Crippen LogP contribution in [-0.4, -0.2) is 32.2 Å². The van der Waals surface area contributed by atoms with Crippen molar-refractivity contribution < 1.29 is 0 Å². The first-order valence-corrected chi connectivity index (χ1v) is 9.04. The van der Waals surface area contributed by atoms with Gasteiger partial charge in [0.1, 0.15) is 12.1 Å². The van der Waals surface area contributed by atoms with Gasteiger partial charge < -0.3 is 4.90 Å². The van der Waals surface area contributed by atoms with Crippen molar-refractivity contribution in [1.82, 2.24) is 19.6 Å². The molecule has 1 aliphatic rings. The molecule has 4 rings (SSSR count). The molecular weight excluding hydrogens is 310 g/mol. The van der Waals surface area contributed by atoms with Crippen molar-refractivity contribution in [1.29, 1.82) is 0 Å². The molecule has 1 aliphatic heterocycles. The zero-order valence-electron chi connectivity index (χ0n) is 15.2. The summed E-state index contributed by atoms with van der Waals surface area (Å²) in [6.45, 7) is 8.01. The number of nitrogens with zero attached hydrogens (tertiary/aromatic N) is 5. The molecule has 0 bridgehead atoms. The molecule has 1 fully saturated rings. The lowest BCUT2D eigenvalue weighted by Gasteiger charge is -2.32. The Morgan fingerprint density at radius 1 is 1.16 bits per heavy atom. The van der Waals surface area contributed by atoms with Crippen LogP contribution in [0.3, 0.4) is 0 Å². The minimum atomic E-state index is 0.310. The molecule has 5 heteroatoms. The summed E-state index contributed by atoms with van der Waals surface area (Å²) < 4.78 is 1.88. The van der Waals surface area contributed by atoms with Crippen LogP contribution >= 0.6 is 0 Å². The van der Waals surface area contributed by atoms with Gasteiger partial charge in [0.05, 0.1) is 5.69 Å². The monoisotopic (exact) mass is 335 g/mol. The van der Waals surface area contributed by atoms with Crippen LogP contribution in [0.4, 0.5) is 5.82 Å². The van der Waals surface area contributed by atoms with Crippen LogP contribution in [0.25, 0.3) is 17.0 Å². The molecule has 1 aromatic carbocycles. The van der Waals surface area contributed by atoms with Crippen molar-refractivity contribution >= 4 is 11.6 Å². The molecule has 3 aromatic rings. The van der Waals surface area contributed by atoms with Gasteiger partial charge in [-0.2, -0.15) is 14.6 Å². The van der Waals surface area contributed by atoms with Gasteiger partial charge in [-0.25, -0.2) is 4.98 Å². The van der Waals surface area contributed by atoms with Gasteiger partial charge in [-0.05, 0) is 24.7 Å². The molecular formula is C20H25N5. The van der Waals surface area contributed by atoms with Gasteiger partial charge in [0.25, 0.3) is 5.78 Å². The third-order valence-corrected chi connectivity index (χ3v) is 4.82. The summed E-state index contributed by atoms with van der Waals surface area (Å²) in [6, 6.07) is 13.0. The van der Waals surface area contributed by atoms with E-state index in [-0.39, 0.29) is 0 Å². The molecule has 3 heterocycles. The summed E-state index contributed by atoms with van der Waals surface area (Å²) in [5.74, 6) is 1.77. The van der Waals surface area contributed by atoms with Gasteiger partial charge in [-0.15, -0.1) is 0 Å². The maximum atomic E-state index is 4.70. The van der Waals surface area contributed by atoms with Gasteiger partial charge in [0.2, 0.25) is 0 Å². The SMILES string of the molecule is CC(C)(C)CC1CCCN1c1cc(-c2ccccc2)nc2ncnn12. The summed E-state index contributed by atoms with van der Waals surface area (Å²) >= 11 is 0. The van der Waals surface area contributed by atoms with E-state index in [4.69, 9.17) is 4.98 Å². The molecule has 1 unspecified atom stereocenters. The highest BCUT2D eigenvalue weighted by Crippen LogP contribution is 2.34. The normalized spacial score (nSPS) is 18.2. The Kier molecular flexibility index (Phi) is 3.94. The summed E-state index contributed by atoms with van der Waals surface area (Å²) in [4.78, 5) is 11.6. The average Bonchev–Trinajstić information content (AvgIpc) is 3.22. The molecule has 5 nitrogen and oxygen atoms in total. The highest BCUT2D eigenvalue weighted by atomic mass is 15.4. The van der Waals surface area contributed by atoms with Crippen molar-refractivity contribution in [3.63, 3.8) is 0 Å². The van der Waals surface area contributed by atoms with Crippen molar-refractivity contribution in [2.24, 2.45) is 5.41 Å². The quantitative estimate of drug-likeness (QED) is 0.720. The number of fused-ring (bicyclic) bond motifs is 1. The van der Waals surface area contributed by atoms with E-state index in [1.54, 1.807) is 6.33 Å². The first-order valence-electron chi connectivity index (χ1n) is 9.04. The Hall–Kier alpha value is -2.43. The van der Waals surface area contributed by atoms with Crippen LogP contribution in [-0.2, 0) is 0 Å². The number of hydrogen-bond donors (Lipinski definition) is 0. The first kappa shape index (κ1) is 16.1. The highest BCUT2D eigenvalue weighted by Gasteiger charge is 2.30. The van der Waals surface area contributed by atoms with Crippen LogP contribution in [0.2, 0.25) is 0 Å². The zero-order valence-corrected chi connectivity index (χ0v) is 15.2. The molecule has 0 radical (unpaired) electrons. The third-order valence-electron chi connectivity index (χ3n) is 4.82. The van der Waals surface area contributed by atoms with Gasteiger partial charge >= 0.3 is 0 Å². The number of hydrogen-bond acceptors (Lipinski definition) is 4. The van der Waals surface area contributed by atoms with Crippen LogP contribution in [0.1, 0.15) is 40.0 Å². The lowest BCUT2D eigenvalue weighted by molar-refractivity contribution is 0.338. The Labute approximate surface area is 148 Å². The van der Waals surface area contributed by atoms with Crippen molar-refractivity contribution in [3.8, 4) is 11.3 Å². The van der Waals surface area contributed by atoms with Crippen LogP contribution < -0.4 is 4.90 Å². The largest absolute Gasteiger partial charge is 0.353 e. The maximum absolute atomic E-state index is 4.70. The molecule has 1 atom stereocenters. The number of anilines is 1. The second-order valence-corrected chi connectivity index (χ2v) is 8.09. The van der Waals surface area contributed by atoms with Crippen molar-refractivity contribution in [3.05, 3.63) is 42.7 Å². The van der Waals surface area contributed by atoms with Crippen molar-refractivity contribution in [2.45, 2.75) is 46.1 Å². The Morgan fingerprint density at radius 2 is 1.96 bits per heavy atom. The van der Waals surface area contributed by atoms with E-state index in [0.29, 0.717) is 17.2 Å². The predicted octanol–water partition coefficient (Wildman–Crippen LogP) is 4.20. The number of benzene rings is 1. The standard InChI is InChI=1S/C20H25N5/c1-20(2,3)13-16-10-7-11-24(16)18-12-17(15-8-5-4-6-9-15)23-19-21-14-22-25(18)19/h4-6,8-9,12,14,16H,7,10-11,13H2,1-3H3. The Balaban J connectivity index is 1.79. The van der Waals surface area contributed by atoms with Gasteiger partial charge in [-0.1, -0.05) is 51.1 Å². The van der Waals surface area contributed by atoms with Gasteiger partial charge in [-0.3, -0.25) is 0 Å². The Bertz CT molecular complexity index is 863. The molecule has 0 saturated carbocycles. The second-order valence-electron chi connectivity index (χ2n) is 8.09. The van der Waals surface area contributed by atoms with E-state index in [1.165, 1.54) is 19.3 Å². The predicted molar refractivity (Wildman–Crippen MR) is 101 cm³/mol. The molecule has 0 spiro atoms. The van der Waals surface area contributed by atoms with Crippen LogP contribution in [0, 0.1) is 5.41 Å². The van der Waals surface area contributed by atoms with E-state index in [0.717, 1.165) is 23.6 Å². The summed E-state index contributed by atoms with van der Waals surface area (Å²) in [7, 11) is 0. The van der Waals surface area contributed by atoms with Gasteiger partial charge in [0.15, 0.2) is 0 Å². The Morgan fingerprint density at radius 3 is 2.72 bits per heavy atom. The molecule has 0 amide bonds. The van der Waals surface area contributed by atoms with E-state index >= 15 is 0 Å². The minimum Gasteiger partial charge on any atom is -0.353 e. The summed E-state index contributed by atoms with van der Waals surface area (Å²) in [6.07, 6.45) is 5.22. The molecule has 130 valence electrons. The summed E-state index contributed by atoms with van der Waals surface area (Å²) in [5, 5.41) is 4.43. The first-order chi connectivity index (χ1) is 12.0. The molecule has 0 N–H and O–H groups in total. The topological polar surface area (TPSA) is 46.3 Å². The van der Waals surface area contributed by atoms with E-state index < -0.39 is 0 Å². The average molecular weight is 335 g/mol. The maximum Gasteiger partial charge on any atom is 0.254 e. The van der Waals surface area contributed by atoms with E-state index in [1.807, 2.05) is 22.7 Å². The molecule has 1 saturated heterocycles. The van der Waals surface area contributed by atoms with Crippen molar-refractivity contribution in [2.75, 3.05) is 11.4 Å². The second kappa shape index (κ2) is 6.14. The van der Waals surface area contributed by atoms with E-state index in [9.17, 15) is 0 Å². The minimum absolute atomic E-state index is 0.310. The van der Waals surface area contributed by atoms with Crippen LogP contribution in [0.15, 0.2) is 42.7 Å². The zero-order chi connectivity index (χ0) is 17.4.